The van der Waals surface area contributed by atoms with Gasteiger partial charge in [-0.25, -0.2) is 19.9 Å². The van der Waals surface area contributed by atoms with E-state index in [0.717, 1.165) is 29.2 Å². The van der Waals surface area contributed by atoms with Gasteiger partial charge in [-0.1, -0.05) is 12.1 Å². The van der Waals surface area contributed by atoms with Gasteiger partial charge in [0.25, 0.3) is 5.56 Å². The summed E-state index contributed by atoms with van der Waals surface area (Å²) in [5, 5.41) is 0. The summed E-state index contributed by atoms with van der Waals surface area (Å²) in [6, 6.07) is 11.9. The minimum absolute atomic E-state index is 0.0812. The van der Waals surface area contributed by atoms with Crippen LogP contribution in [-0.4, -0.2) is 36.6 Å². The molecule has 9 nitrogen and oxygen atoms in total. The first-order valence-corrected chi connectivity index (χ1v) is 12.4. The number of fused-ring (bicyclic) bond motifs is 1. The Labute approximate surface area is 225 Å². The number of aromatic nitrogens is 6. The molecule has 0 unspecified atom stereocenters. The molecule has 0 radical (unpaired) electrons. The van der Waals surface area contributed by atoms with E-state index in [1.54, 1.807) is 42.6 Å². The van der Waals surface area contributed by atoms with Gasteiger partial charge in [-0.15, -0.1) is 0 Å². The predicted octanol–water partition coefficient (Wildman–Crippen LogP) is 5.12. The molecule has 6 rings (SSSR count). The Morgan fingerprint density at radius 3 is 2.50 bits per heavy atom. The number of pyridine rings is 2. The van der Waals surface area contributed by atoms with Crippen molar-refractivity contribution in [3.05, 3.63) is 94.4 Å². The Morgan fingerprint density at radius 1 is 0.975 bits per heavy atom. The molecule has 0 N–H and O–H groups in total. The van der Waals surface area contributed by atoms with Crippen LogP contribution in [0.15, 0.2) is 72.0 Å². The lowest BCUT2D eigenvalue weighted by atomic mass is 10.1. The van der Waals surface area contributed by atoms with Crippen LogP contribution in [-0.2, 0) is 12.8 Å². The molecule has 12 heteroatoms. The molecule has 0 saturated heterocycles. The summed E-state index contributed by atoms with van der Waals surface area (Å²) >= 11 is 0. The topological polar surface area (TPSA) is 105 Å². The van der Waals surface area contributed by atoms with Crippen molar-refractivity contribution in [1.82, 2.24) is 29.5 Å². The van der Waals surface area contributed by atoms with E-state index in [0.29, 0.717) is 39.6 Å². The van der Waals surface area contributed by atoms with Crippen molar-refractivity contribution in [2.45, 2.75) is 31.5 Å². The molecule has 1 aromatic carbocycles. The molecule has 0 spiro atoms. The molecule has 4 heterocycles. The average molecular weight is 547 g/mol. The molecule has 1 aliphatic carbocycles. The Kier molecular flexibility index (Phi) is 6.37. The summed E-state index contributed by atoms with van der Waals surface area (Å²) < 4.78 is 52.0. The van der Waals surface area contributed by atoms with Crippen LogP contribution in [0.3, 0.4) is 0 Å². The molecular formula is C28H21F3N6O3. The van der Waals surface area contributed by atoms with Crippen LogP contribution < -0.4 is 15.0 Å². The van der Waals surface area contributed by atoms with Gasteiger partial charge in [-0.3, -0.25) is 9.36 Å². The second-order valence-corrected chi connectivity index (χ2v) is 9.19. The van der Waals surface area contributed by atoms with Crippen molar-refractivity contribution < 1.29 is 22.6 Å². The Bertz CT molecular complexity index is 1770. The molecule has 1 aliphatic rings. The second kappa shape index (κ2) is 10.0. The van der Waals surface area contributed by atoms with E-state index >= 15 is 0 Å². The lowest BCUT2D eigenvalue weighted by Crippen LogP contribution is -2.26. The number of rotatable bonds is 7. The first-order chi connectivity index (χ1) is 19.3. The zero-order valence-electron chi connectivity index (χ0n) is 21.1. The van der Waals surface area contributed by atoms with Crippen molar-refractivity contribution in [2.75, 3.05) is 7.11 Å². The normalized spacial score (nSPS) is 13.4. The Morgan fingerprint density at radius 2 is 1.77 bits per heavy atom. The maximum atomic E-state index is 13.2. The van der Waals surface area contributed by atoms with Gasteiger partial charge in [-0.2, -0.15) is 18.2 Å². The monoisotopic (exact) mass is 546 g/mol. The summed E-state index contributed by atoms with van der Waals surface area (Å²) in [7, 11) is 1.53. The average Bonchev–Trinajstić information content (AvgIpc) is 3.81. The maximum Gasteiger partial charge on any atom is 0.421 e. The van der Waals surface area contributed by atoms with Crippen LogP contribution in [0.5, 0.6) is 11.8 Å². The van der Waals surface area contributed by atoms with Gasteiger partial charge in [-0.05, 0) is 54.8 Å². The summed E-state index contributed by atoms with van der Waals surface area (Å²) in [6.07, 6.45) is 1.65. The SMILES string of the molecule is COc1ncnc(C2CC2)c1-c1nc(OCc2ccc(-n3cccc(C(F)(F)F)c3=O)cc2)c2ncccc2n1. The van der Waals surface area contributed by atoms with E-state index in [-0.39, 0.29) is 18.4 Å². The molecule has 40 heavy (non-hydrogen) atoms. The van der Waals surface area contributed by atoms with Crippen molar-refractivity contribution >= 4 is 11.0 Å². The minimum Gasteiger partial charge on any atom is -0.480 e. The van der Waals surface area contributed by atoms with Gasteiger partial charge >= 0.3 is 6.18 Å². The fourth-order valence-corrected chi connectivity index (χ4v) is 4.38. The number of methoxy groups -OCH3 is 1. The molecule has 0 amide bonds. The van der Waals surface area contributed by atoms with E-state index < -0.39 is 17.3 Å². The van der Waals surface area contributed by atoms with Crippen LogP contribution in [0.1, 0.15) is 35.6 Å². The molecule has 1 fully saturated rings. The van der Waals surface area contributed by atoms with Gasteiger partial charge in [0.05, 0.1) is 18.3 Å². The second-order valence-electron chi connectivity index (χ2n) is 9.19. The summed E-state index contributed by atoms with van der Waals surface area (Å²) in [5.74, 6) is 1.25. The highest BCUT2D eigenvalue weighted by atomic mass is 19.4. The van der Waals surface area contributed by atoms with Gasteiger partial charge in [0.15, 0.2) is 11.3 Å². The molecule has 0 aliphatic heterocycles. The zero-order valence-corrected chi connectivity index (χ0v) is 21.1. The van der Waals surface area contributed by atoms with E-state index in [2.05, 4.69) is 19.9 Å². The molecular weight excluding hydrogens is 525 g/mol. The number of nitrogens with zero attached hydrogens (tertiary/aromatic N) is 6. The summed E-state index contributed by atoms with van der Waals surface area (Å²) in [5.41, 5.74) is 1.08. The van der Waals surface area contributed by atoms with Gasteiger partial charge in [0.1, 0.15) is 24.1 Å². The molecule has 0 atom stereocenters. The predicted molar refractivity (Wildman–Crippen MR) is 138 cm³/mol. The third kappa shape index (κ3) is 4.83. The zero-order chi connectivity index (χ0) is 27.9. The fourth-order valence-electron chi connectivity index (χ4n) is 4.38. The smallest absolute Gasteiger partial charge is 0.421 e. The van der Waals surface area contributed by atoms with E-state index in [9.17, 15) is 18.0 Å². The molecule has 5 aromatic rings. The van der Waals surface area contributed by atoms with Crippen molar-refractivity contribution in [3.8, 4) is 28.8 Å². The number of benzene rings is 1. The van der Waals surface area contributed by atoms with Crippen LogP contribution >= 0.6 is 0 Å². The standard InChI is InChI=1S/C28H21F3N6O3/c1-39-25-21(22(17-8-9-17)33-15-34-25)24-35-20-5-2-12-32-23(20)26(36-24)40-14-16-6-10-18(11-7-16)37-13-3-4-19(27(37)38)28(29,30)31/h2-7,10-13,15,17H,8-9,14H2,1H3. The van der Waals surface area contributed by atoms with Crippen LogP contribution in [0, 0.1) is 0 Å². The fraction of sp³-hybridized carbons (Fsp3) is 0.214. The largest absolute Gasteiger partial charge is 0.480 e. The van der Waals surface area contributed by atoms with Gasteiger partial charge in [0.2, 0.25) is 11.8 Å². The number of halogens is 3. The summed E-state index contributed by atoms with van der Waals surface area (Å²) in [4.78, 5) is 34.9. The lowest BCUT2D eigenvalue weighted by molar-refractivity contribution is -0.138. The van der Waals surface area contributed by atoms with Crippen LogP contribution in [0.4, 0.5) is 13.2 Å². The Balaban J connectivity index is 1.31. The van der Waals surface area contributed by atoms with Crippen LogP contribution in [0.25, 0.3) is 28.1 Å². The highest BCUT2D eigenvalue weighted by molar-refractivity contribution is 5.82. The van der Waals surface area contributed by atoms with E-state index in [4.69, 9.17) is 14.5 Å². The highest BCUT2D eigenvalue weighted by Gasteiger charge is 2.34. The van der Waals surface area contributed by atoms with Crippen molar-refractivity contribution in [1.29, 1.82) is 0 Å². The van der Waals surface area contributed by atoms with Crippen molar-refractivity contribution in [2.24, 2.45) is 0 Å². The minimum atomic E-state index is -4.74. The van der Waals surface area contributed by atoms with E-state index in [1.165, 1.54) is 25.7 Å². The molecule has 4 aromatic heterocycles. The molecule has 202 valence electrons. The first kappa shape index (κ1) is 25.4. The summed E-state index contributed by atoms with van der Waals surface area (Å²) in [6.45, 7) is 0.0812. The third-order valence-corrected chi connectivity index (χ3v) is 6.49. The first-order valence-electron chi connectivity index (χ1n) is 12.4. The van der Waals surface area contributed by atoms with Crippen LogP contribution in [0.2, 0.25) is 0 Å². The molecule has 1 saturated carbocycles. The third-order valence-electron chi connectivity index (χ3n) is 6.49. The number of ether oxygens (including phenoxy) is 2. The van der Waals surface area contributed by atoms with E-state index in [1.807, 2.05) is 0 Å². The molecule has 0 bridgehead atoms. The number of alkyl halides is 3. The van der Waals surface area contributed by atoms with Crippen molar-refractivity contribution in [3.63, 3.8) is 0 Å². The lowest BCUT2D eigenvalue weighted by Gasteiger charge is -2.14. The Hall–Kier alpha value is -4.87. The maximum absolute atomic E-state index is 13.2. The van der Waals surface area contributed by atoms with Gasteiger partial charge < -0.3 is 9.47 Å². The highest BCUT2D eigenvalue weighted by Crippen LogP contribution is 2.45. The number of hydrogen-bond acceptors (Lipinski definition) is 8. The quantitative estimate of drug-likeness (QED) is 0.277. The van der Waals surface area contributed by atoms with Gasteiger partial charge in [0, 0.05) is 24.0 Å². The number of hydrogen-bond donors (Lipinski definition) is 0.